The summed E-state index contributed by atoms with van der Waals surface area (Å²) in [7, 11) is 0. The number of rotatable bonds is 4. The molecule has 12 heavy (non-hydrogen) atoms. The SMILES string of the molecule is CSCC(CN)c1ccc(C)o1. The molecule has 0 aliphatic heterocycles. The Bertz CT molecular complexity index is 234. The lowest BCUT2D eigenvalue weighted by Gasteiger charge is -2.09. The first-order valence-corrected chi connectivity index (χ1v) is 5.42. The summed E-state index contributed by atoms with van der Waals surface area (Å²) in [5.41, 5.74) is 5.63. The van der Waals surface area contributed by atoms with Crippen molar-refractivity contribution in [3.8, 4) is 0 Å². The minimum Gasteiger partial charge on any atom is -0.466 e. The highest BCUT2D eigenvalue weighted by atomic mass is 32.2. The van der Waals surface area contributed by atoms with Crippen LogP contribution in [0.5, 0.6) is 0 Å². The lowest BCUT2D eigenvalue weighted by molar-refractivity contribution is 0.458. The molecule has 0 aliphatic carbocycles. The summed E-state index contributed by atoms with van der Waals surface area (Å²) in [5.74, 6) is 3.38. The number of hydrogen-bond donors (Lipinski definition) is 1. The van der Waals surface area contributed by atoms with Crippen molar-refractivity contribution in [2.24, 2.45) is 5.73 Å². The zero-order valence-corrected chi connectivity index (χ0v) is 8.36. The molecule has 0 aromatic carbocycles. The number of aryl methyl sites for hydroxylation is 1. The number of nitrogens with two attached hydrogens (primary N) is 1. The highest BCUT2D eigenvalue weighted by Crippen LogP contribution is 2.20. The molecule has 3 heteroatoms. The minimum absolute atomic E-state index is 0.369. The Hall–Kier alpha value is -0.410. The van der Waals surface area contributed by atoms with E-state index in [0.717, 1.165) is 17.3 Å². The van der Waals surface area contributed by atoms with Crippen molar-refractivity contribution in [1.29, 1.82) is 0 Å². The summed E-state index contributed by atoms with van der Waals surface area (Å²) in [4.78, 5) is 0. The summed E-state index contributed by atoms with van der Waals surface area (Å²) in [5, 5.41) is 0. The maximum absolute atomic E-state index is 5.63. The van der Waals surface area contributed by atoms with Gasteiger partial charge in [-0.2, -0.15) is 11.8 Å². The first-order chi connectivity index (χ1) is 5.77. The van der Waals surface area contributed by atoms with Crippen LogP contribution >= 0.6 is 11.8 Å². The molecule has 2 N–H and O–H groups in total. The lowest BCUT2D eigenvalue weighted by Crippen LogP contribution is -2.13. The Labute approximate surface area is 77.5 Å². The summed E-state index contributed by atoms with van der Waals surface area (Å²) in [6, 6.07) is 4.00. The van der Waals surface area contributed by atoms with Gasteiger partial charge in [-0.05, 0) is 25.3 Å². The van der Waals surface area contributed by atoms with Gasteiger partial charge in [-0.1, -0.05) is 0 Å². The minimum atomic E-state index is 0.369. The fourth-order valence-corrected chi connectivity index (χ4v) is 1.84. The largest absolute Gasteiger partial charge is 0.466 e. The van der Waals surface area contributed by atoms with Gasteiger partial charge < -0.3 is 10.2 Å². The van der Waals surface area contributed by atoms with E-state index in [9.17, 15) is 0 Å². The van der Waals surface area contributed by atoms with Gasteiger partial charge in [-0.3, -0.25) is 0 Å². The van der Waals surface area contributed by atoms with Crippen molar-refractivity contribution in [1.82, 2.24) is 0 Å². The van der Waals surface area contributed by atoms with E-state index >= 15 is 0 Å². The smallest absolute Gasteiger partial charge is 0.109 e. The molecule has 68 valence electrons. The molecule has 1 heterocycles. The van der Waals surface area contributed by atoms with Gasteiger partial charge in [-0.15, -0.1) is 0 Å². The van der Waals surface area contributed by atoms with Crippen molar-refractivity contribution < 1.29 is 4.42 Å². The van der Waals surface area contributed by atoms with Crippen LogP contribution in [-0.4, -0.2) is 18.6 Å². The van der Waals surface area contributed by atoms with Crippen LogP contribution in [0.2, 0.25) is 0 Å². The number of thioether (sulfide) groups is 1. The molecule has 0 radical (unpaired) electrons. The van der Waals surface area contributed by atoms with Gasteiger partial charge in [-0.25, -0.2) is 0 Å². The molecule has 1 atom stereocenters. The predicted octanol–water partition coefficient (Wildman–Crippen LogP) is 1.99. The Kier molecular flexibility index (Phi) is 3.69. The van der Waals surface area contributed by atoms with E-state index in [1.54, 1.807) is 11.8 Å². The Balaban J connectivity index is 2.66. The average molecular weight is 185 g/mol. The zero-order chi connectivity index (χ0) is 8.97. The van der Waals surface area contributed by atoms with Crippen molar-refractivity contribution in [3.05, 3.63) is 23.7 Å². The van der Waals surface area contributed by atoms with Crippen LogP contribution < -0.4 is 5.73 Å². The van der Waals surface area contributed by atoms with E-state index in [4.69, 9.17) is 10.2 Å². The molecule has 1 unspecified atom stereocenters. The van der Waals surface area contributed by atoms with E-state index in [0.29, 0.717) is 12.5 Å². The quantitative estimate of drug-likeness (QED) is 0.779. The molecule has 1 aromatic rings. The topological polar surface area (TPSA) is 39.2 Å². The monoisotopic (exact) mass is 185 g/mol. The molecule has 1 rings (SSSR count). The Morgan fingerprint density at radius 3 is 2.75 bits per heavy atom. The molecular weight excluding hydrogens is 170 g/mol. The van der Waals surface area contributed by atoms with Gasteiger partial charge in [0.2, 0.25) is 0 Å². The summed E-state index contributed by atoms with van der Waals surface area (Å²) >= 11 is 1.80. The summed E-state index contributed by atoms with van der Waals surface area (Å²) in [6.07, 6.45) is 2.08. The molecule has 0 amide bonds. The third-order valence-corrected chi connectivity index (χ3v) is 2.55. The molecule has 0 saturated carbocycles. The molecule has 0 aliphatic rings. The number of hydrogen-bond acceptors (Lipinski definition) is 3. The van der Waals surface area contributed by atoms with Gasteiger partial charge in [0.1, 0.15) is 11.5 Å². The number of furan rings is 1. The highest BCUT2D eigenvalue weighted by molar-refractivity contribution is 7.98. The van der Waals surface area contributed by atoms with Gasteiger partial charge in [0.05, 0.1) is 0 Å². The fourth-order valence-electron chi connectivity index (χ4n) is 1.14. The van der Waals surface area contributed by atoms with Crippen LogP contribution in [0.4, 0.5) is 0 Å². The van der Waals surface area contributed by atoms with Crippen LogP contribution in [0.25, 0.3) is 0 Å². The van der Waals surface area contributed by atoms with Crippen LogP contribution in [0, 0.1) is 6.92 Å². The highest BCUT2D eigenvalue weighted by Gasteiger charge is 2.11. The second-order valence-electron chi connectivity index (χ2n) is 2.84. The van der Waals surface area contributed by atoms with E-state index in [-0.39, 0.29) is 0 Å². The molecule has 0 fully saturated rings. The molecule has 2 nitrogen and oxygen atoms in total. The van der Waals surface area contributed by atoms with E-state index < -0.39 is 0 Å². The van der Waals surface area contributed by atoms with Crippen molar-refractivity contribution in [2.45, 2.75) is 12.8 Å². The molecular formula is C9H15NOS. The van der Waals surface area contributed by atoms with E-state index in [2.05, 4.69) is 6.26 Å². The maximum atomic E-state index is 5.63. The van der Waals surface area contributed by atoms with Crippen LogP contribution in [0.3, 0.4) is 0 Å². The molecule has 0 bridgehead atoms. The van der Waals surface area contributed by atoms with Gasteiger partial charge in [0, 0.05) is 18.2 Å². The summed E-state index contributed by atoms with van der Waals surface area (Å²) in [6.45, 7) is 2.62. The van der Waals surface area contributed by atoms with E-state index in [1.165, 1.54) is 0 Å². The molecule has 0 saturated heterocycles. The van der Waals surface area contributed by atoms with Crippen LogP contribution in [0.1, 0.15) is 17.4 Å². The Morgan fingerprint density at radius 1 is 1.58 bits per heavy atom. The van der Waals surface area contributed by atoms with Gasteiger partial charge in [0.15, 0.2) is 0 Å². The second-order valence-corrected chi connectivity index (χ2v) is 3.75. The first kappa shape index (κ1) is 9.68. The average Bonchev–Trinajstić information content (AvgIpc) is 2.47. The maximum Gasteiger partial charge on any atom is 0.109 e. The standard InChI is InChI=1S/C9H15NOS/c1-7-3-4-9(11-7)8(5-10)6-12-2/h3-4,8H,5-6,10H2,1-2H3. The second kappa shape index (κ2) is 4.58. The predicted molar refractivity (Wildman–Crippen MR) is 53.6 cm³/mol. The van der Waals surface area contributed by atoms with Crippen LogP contribution in [-0.2, 0) is 0 Å². The van der Waals surface area contributed by atoms with Gasteiger partial charge in [0.25, 0.3) is 0 Å². The van der Waals surface area contributed by atoms with Gasteiger partial charge >= 0.3 is 0 Å². The van der Waals surface area contributed by atoms with Crippen molar-refractivity contribution in [2.75, 3.05) is 18.6 Å². The van der Waals surface area contributed by atoms with Crippen molar-refractivity contribution in [3.63, 3.8) is 0 Å². The summed E-state index contributed by atoms with van der Waals surface area (Å²) < 4.78 is 5.50. The van der Waals surface area contributed by atoms with Crippen molar-refractivity contribution >= 4 is 11.8 Å². The van der Waals surface area contributed by atoms with E-state index in [1.807, 2.05) is 19.1 Å². The van der Waals surface area contributed by atoms with Crippen LogP contribution in [0.15, 0.2) is 16.5 Å². The fraction of sp³-hybridized carbons (Fsp3) is 0.556. The lowest BCUT2D eigenvalue weighted by atomic mass is 10.1. The normalized spacial score (nSPS) is 13.2. The Morgan fingerprint density at radius 2 is 2.33 bits per heavy atom. The molecule has 0 spiro atoms. The third kappa shape index (κ3) is 2.29. The first-order valence-electron chi connectivity index (χ1n) is 4.03. The zero-order valence-electron chi connectivity index (χ0n) is 7.54. The third-order valence-electron chi connectivity index (χ3n) is 1.82. The molecule has 1 aromatic heterocycles.